The van der Waals surface area contributed by atoms with Gasteiger partial charge < -0.3 is 10.6 Å². The van der Waals surface area contributed by atoms with Gasteiger partial charge in [-0.15, -0.1) is 11.3 Å². The fourth-order valence-corrected chi connectivity index (χ4v) is 2.80. The van der Waals surface area contributed by atoms with E-state index in [9.17, 15) is 4.79 Å². The van der Waals surface area contributed by atoms with E-state index in [2.05, 4.69) is 11.9 Å². The van der Waals surface area contributed by atoms with Crippen molar-refractivity contribution in [2.24, 2.45) is 5.73 Å². The lowest BCUT2D eigenvalue weighted by Gasteiger charge is -2.24. The van der Waals surface area contributed by atoms with Gasteiger partial charge in [-0.2, -0.15) is 0 Å². The van der Waals surface area contributed by atoms with E-state index in [0.29, 0.717) is 13.0 Å². The Hall–Kier alpha value is -0.940. The summed E-state index contributed by atoms with van der Waals surface area (Å²) in [5.74, 6) is 0.0887. The van der Waals surface area contributed by atoms with Gasteiger partial charge in [-0.25, -0.2) is 4.98 Å². The molecule has 0 fully saturated rings. The molecule has 0 aromatic carbocycles. The van der Waals surface area contributed by atoms with Crippen LogP contribution in [-0.4, -0.2) is 29.4 Å². The molecule has 0 saturated carbocycles. The molecule has 0 bridgehead atoms. The highest BCUT2D eigenvalue weighted by Gasteiger charge is 2.21. The van der Waals surface area contributed by atoms with Crippen LogP contribution in [-0.2, 0) is 11.2 Å². The van der Waals surface area contributed by atoms with Crippen LogP contribution in [0.3, 0.4) is 0 Å². The molecule has 17 heavy (non-hydrogen) atoms. The lowest BCUT2D eigenvalue weighted by Crippen LogP contribution is -2.30. The third kappa shape index (κ3) is 3.26. The van der Waals surface area contributed by atoms with Crippen molar-refractivity contribution in [3.05, 3.63) is 15.6 Å². The number of nitrogens with two attached hydrogens (primary N) is 1. The maximum absolute atomic E-state index is 11.8. The average Bonchev–Trinajstić information content (AvgIpc) is 2.69. The summed E-state index contributed by atoms with van der Waals surface area (Å²) in [6.07, 6.45) is 1.35. The van der Waals surface area contributed by atoms with E-state index in [4.69, 9.17) is 5.73 Å². The summed E-state index contributed by atoms with van der Waals surface area (Å²) >= 11 is 1.70. The summed E-state index contributed by atoms with van der Waals surface area (Å²) < 4.78 is 0. The van der Waals surface area contributed by atoms with Crippen molar-refractivity contribution in [2.75, 3.05) is 13.6 Å². The smallest absolute Gasteiger partial charge is 0.224 e. The molecule has 0 spiro atoms. The number of amides is 1. The summed E-state index contributed by atoms with van der Waals surface area (Å²) in [4.78, 5) is 19.2. The molecule has 1 rings (SSSR count). The number of hydrogen-bond donors (Lipinski definition) is 1. The van der Waals surface area contributed by atoms with Gasteiger partial charge in [0.2, 0.25) is 5.91 Å². The van der Waals surface area contributed by atoms with Gasteiger partial charge in [0.15, 0.2) is 0 Å². The van der Waals surface area contributed by atoms with Crippen molar-refractivity contribution in [3.8, 4) is 0 Å². The Kier molecular flexibility index (Phi) is 5.08. The largest absolute Gasteiger partial charge is 0.338 e. The molecule has 1 heterocycles. The van der Waals surface area contributed by atoms with Crippen LogP contribution >= 0.6 is 11.3 Å². The Morgan fingerprint density at radius 3 is 2.71 bits per heavy atom. The maximum atomic E-state index is 11.8. The van der Waals surface area contributed by atoms with Crippen molar-refractivity contribution in [1.29, 1.82) is 0 Å². The molecular formula is C12H21N3OS. The van der Waals surface area contributed by atoms with Gasteiger partial charge in [0, 0.05) is 24.9 Å². The van der Waals surface area contributed by atoms with E-state index in [1.807, 2.05) is 20.9 Å². The van der Waals surface area contributed by atoms with Crippen LogP contribution < -0.4 is 5.73 Å². The topological polar surface area (TPSA) is 59.2 Å². The van der Waals surface area contributed by atoms with Gasteiger partial charge >= 0.3 is 0 Å². The van der Waals surface area contributed by atoms with Crippen LogP contribution in [0.5, 0.6) is 0 Å². The van der Waals surface area contributed by atoms with Crippen LogP contribution in [0, 0.1) is 6.92 Å². The highest BCUT2D eigenvalue weighted by molar-refractivity contribution is 7.11. The fraction of sp³-hybridized carbons (Fsp3) is 0.667. The normalized spacial score (nSPS) is 12.5. The molecule has 0 aliphatic carbocycles. The highest BCUT2D eigenvalue weighted by Crippen LogP contribution is 2.28. The van der Waals surface area contributed by atoms with Crippen molar-refractivity contribution >= 4 is 17.2 Å². The number of hydrogen-bond acceptors (Lipinski definition) is 4. The summed E-state index contributed by atoms with van der Waals surface area (Å²) in [6, 6.07) is 0.0758. The molecule has 96 valence electrons. The summed E-state index contributed by atoms with van der Waals surface area (Å²) in [5.41, 5.74) is 6.44. The zero-order valence-corrected chi connectivity index (χ0v) is 11.8. The molecule has 1 atom stereocenters. The number of rotatable bonds is 5. The third-order valence-electron chi connectivity index (χ3n) is 2.89. The Morgan fingerprint density at radius 1 is 1.59 bits per heavy atom. The van der Waals surface area contributed by atoms with Crippen molar-refractivity contribution in [1.82, 2.24) is 9.88 Å². The van der Waals surface area contributed by atoms with Gasteiger partial charge in [-0.1, -0.05) is 6.92 Å². The second-order valence-corrected chi connectivity index (χ2v) is 5.25. The zero-order valence-electron chi connectivity index (χ0n) is 11.0. The van der Waals surface area contributed by atoms with Gasteiger partial charge in [0.25, 0.3) is 0 Å². The zero-order chi connectivity index (χ0) is 13.0. The average molecular weight is 255 g/mol. The SMILES string of the molecule is CCc1nc(C)c(C(C)N(C)C(=O)CCN)s1. The second kappa shape index (κ2) is 6.12. The fourth-order valence-electron chi connectivity index (χ4n) is 1.70. The molecule has 0 aliphatic rings. The minimum atomic E-state index is 0.0758. The number of nitrogens with zero attached hydrogens (tertiary/aromatic N) is 2. The van der Waals surface area contributed by atoms with E-state index in [1.165, 1.54) is 4.88 Å². The van der Waals surface area contributed by atoms with Gasteiger partial charge in [0.05, 0.1) is 16.7 Å². The molecule has 1 amide bonds. The van der Waals surface area contributed by atoms with Crippen molar-refractivity contribution in [3.63, 3.8) is 0 Å². The van der Waals surface area contributed by atoms with E-state index >= 15 is 0 Å². The number of carbonyl (C=O) groups is 1. The van der Waals surface area contributed by atoms with E-state index in [-0.39, 0.29) is 11.9 Å². The van der Waals surface area contributed by atoms with E-state index < -0.39 is 0 Å². The first-order valence-corrected chi connectivity index (χ1v) is 6.74. The minimum absolute atomic E-state index is 0.0758. The molecule has 5 heteroatoms. The Balaban J connectivity index is 2.83. The van der Waals surface area contributed by atoms with Gasteiger partial charge in [-0.05, 0) is 20.3 Å². The van der Waals surface area contributed by atoms with E-state index in [1.54, 1.807) is 16.2 Å². The number of aromatic nitrogens is 1. The molecule has 0 saturated heterocycles. The predicted molar refractivity (Wildman–Crippen MR) is 71.1 cm³/mol. The maximum Gasteiger partial charge on any atom is 0.224 e. The van der Waals surface area contributed by atoms with Crippen LogP contribution in [0.25, 0.3) is 0 Å². The van der Waals surface area contributed by atoms with E-state index in [0.717, 1.165) is 17.1 Å². The Bertz CT molecular complexity index is 389. The van der Waals surface area contributed by atoms with Crippen molar-refractivity contribution in [2.45, 2.75) is 39.7 Å². The summed E-state index contributed by atoms with van der Waals surface area (Å²) in [5, 5.41) is 1.13. The predicted octanol–water partition coefficient (Wildman–Crippen LogP) is 1.88. The Morgan fingerprint density at radius 2 is 2.24 bits per heavy atom. The molecule has 1 unspecified atom stereocenters. The summed E-state index contributed by atoms with van der Waals surface area (Å²) in [6.45, 7) is 6.53. The number of carbonyl (C=O) groups excluding carboxylic acids is 1. The van der Waals surface area contributed by atoms with Crippen LogP contribution in [0.15, 0.2) is 0 Å². The number of aryl methyl sites for hydroxylation is 2. The quantitative estimate of drug-likeness (QED) is 0.874. The standard InChI is InChI=1S/C12H21N3OS/c1-5-10-14-8(2)12(17-10)9(3)15(4)11(16)6-7-13/h9H,5-7,13H2,1-4H3. The molecule has 1 aromatic rings. The minimum Gasteiger partial charge on any atom is -0.338 e. The monoisotopic (exact) mass is 255 g/mol. The van der Waals surface area contributed by atoms with Gasteiger partial charge in [-0.3, -0.25) is 4.79 Å². The number of thiazole rings is 1. The molecule has 2 N–H and O–H groups in total. The lowest BCUT2D eigenvalue weighted by molar-refractivity contribution is -0.131. The second-order valence-electron chi connectivity index (χ2n) is 4.13. The third-order valence-corrected chi connectivity index (χ3v) is 4.36. The highest BCUT2D eigenvalue weighted by atomic mass is 32.1. The van der Waals surface area contributed by atoms with Crippen LogP contribution in [0.1, 0.15) is 41.9 Å². The first-order chi connectivity index (χ1) is 8.01. The lowest BCUT2D eigenvalue weighted by atomic mass is 10.2. The van der Waals surface area contributed by atoms with Gasteiger partial charge in [0.1, 0.15) is 0 Å². The molecule has 0 radical (unpaired) electrons. The molecule has 1 aromatic heterocycles. The van der Waals surface area contributed by atoms with Crippen molar-refractivity contribution < 1.29 is 4.79 Å². The first-order valence-electron chi connectivity index (χ1n) is 5.93. The van der Waals surface area contributed by atoms with Crippen LogP contribution in [0.2, 0.25) is 0 Å². The summed E-state index contributed by atoms with van der Waals surface area (Å²) in [7, 11) is 1.83. The first kappa shape index (κ1) is 14.1. The molecule has 0 aliphatic heterocycles. The molecular weight excluding hydrogens is 234 g/mol. The molecule has 4 nitrogen and oxygen atoms in total. The Labute approximate surface area is 107 Å². The van der Waals surface area contributed by atoms with Crippen LogP contribution in [0.4, 0.5) is 0 Å².